The Labute approximate surface area is 103 Å². The van der Waals surface area contributed by atoms with Crippen molar-refractivity contribution < 1.29 is 29.4 Å². The Morgan fingerprint density at radius 3 is 2.00 bits per heavy atom. The molecule has 0 spiro atoms. The molecule has 18 heavy (non-hydrogen) atoms. The average Bonchev–Trinajstić information content (AvgIpc) is 2.39. The Kier molecular flexibility index (Phi) is 6.15. The molecule has 8 heteroatoms. The second kappa shape index (κ2) is 7.07. The second-order valence-electron chi connectivity index (χ2n) is 2.79. The first kappa shape index (κ1) is 15.7. The molecule has 1 aromatic carbocycles. The SMILES string of the molecule is CO.COc1cc(C(=O)O)c([N+](=O)[O-])cc1OC. The van der Waals surface area contributed by atoms with Crippen molar-refractivity contribution in [3.8, 4) is 11.5 Å². The molecule has 0 aromatic heterocycles. The number of rotatable bonds is 4. The molecule has 0 heterocycles. The minimum atomic E-state index is -1.40. The van der Waals surface area contributed by atoms with Gasteiger partial charge in [-0.05, 0) is 0 Å². The van der Waals surface area contributed by atoms with Crippen molar-refractivity contribution >= 4 is 11.7 Å². The molecule has 0 saturated carbocycles. The van der Waals surface area contributed by atoms with Gasteiger partial charge in [0.2, 0.25) is 0 Å². The van der Waals surface area contributed by atoms with Crippen LogP contribution in [0.1, 0.15) is 10.4 Å². The number of carboxylic acids is 1. The quantitative estimate of drug-likeness (QED) is 0.609. The van der Waals surface area contributed by atoms with Gasteiger partial charge >= 0.3 is 5.97 Å². The fraction of sp³-hybridized carbons (Fsp3) is 0.300. The van der Waals surface area contributed by atoms with Gasteiger partial charge in [-0.15, -0.1) is 0 Å². The highest BCUT2D eigenvalue weighted by molar-refractivity contribution is 5.93. The summed E-state index contributed by atoms with van der Waals surface area (Å²) in [6.07, 6.45) is 0. The number of ether oxygens (including phenoxy) is 2. The number of nitro groups is 1. The van der Waals surface area contributed by atoms with Gasteiger partial charge in [-0.3, -0.25) is 10.1 Å². The van der Waals surface area contributed by atoms with E-state index < -0.39 is 22.1 Å². The summed E-state index contributed by atoms with van der Waals surface area (Å²) in [6, 6.07) is 2.07. The number of methoxy groups -OCH3 is 2. The lowest BCUT2D eigenvalue weighted by Gasteiger charge is -2.08. The Morgan fingerprint density at radius 2 is 1.67 bits per heavy atom. The molecule has 0 aliphatic heterocycles. The van der Waals surface area contributed by atoms with Crippen LogP contribution in [0.15, 0.2) is 12.1 Å². The highest BCUT2D eigenvalue weighted by Gasteiger charge is 2.23. The molecular weight excluding hydrogens is 246 g/mol. The monoisotopic (exact) mass is 259 g/mol. The maximum absolute atomic E-state index is 10.8. The third-order valence-electron chi connectivity index (χ3n) is 1.93. The van der Waals surface area contributed by atoms with Gasteiger partial charge in [0, 0.05) is 13.2 Å². The van der Waals surface area contributed by atoms with Crippen molar-refractivity contribution in [1.29, 1.82) is 0 Å². The van der Waals surface area contributed by atoms with E-state index in [-0.39, 0.29) is 11.5 Å². The summed E-state index contributed by atoms with van der Waals surface area (Å²) in [4.78, 5) is 20.6. The Bertz CT molecular complexity index is 403. The third-order valence-corrected chi connectivity index (χ3v) is 1.93. The lowest BCUT2D eigenvalue weighted by Crippen LogP contribution is -2.04. The standard InChI is InChI=1S/C9H9NO6.CH4O/c1-15-7-3-5(9(11)12)6(10(13)14)4-8(7)16-2;1-2/h3-4H,1-2H3,(H,11,12);2H,1H3. The van der Waals surface area contributed by atoms with Gasteiger partial charge in [0.15, 0.2) is 11.5 Å². The number of benzene rings is 1. The molecule has 0 amide bonds. The number of hydrogen-bond acceptors (Lipinski definition) is 6. The summed E-state index contributed by atoms with van der Waals surface area (Å²) in [7, 11) is 3.62. The van der Waals surface area contributed by atoms with E-state index in [9.17, 15) is 14.9 Å². The Balaban J connectivity index is 0.00000137. The molecule has 2 N–H and O–H groups in total. The van der Waals surface area contributed by atoms with Crippen molar-refractivity contribution in [3.63, 3.8) is 0 Å². The van der Waals surface area contributed by atoms with Gasteiger partial charge in [-0.1, -0.05) is 0 Å². The lowest BCUT2D eigenvalue weighted by molar-refractivity contribution is -0.385. The number of nitro benzene ring substituents is 1. The number of nitrogens with zero attached hydrogens (tertiary/aromatic N) is 1. The molecule has 1 rings (SSSR count). The first-order chi connectivity index (χ1) is 8.51. The van der Waals surface area contributed by atoms with Crippen LogP contribution in [0.3, 0.4) is 0 Å². The summed E-state index contributed by atoms with van der Waals surface area (Å²) in [6.45, 7) is 0. The summed E-state index contributed by atoms with van der Waals surface area (Å²) in [5.74, 6) is -1.16. The Hall–Kier alpha value is -2.35. The predicted molar refractivity (Wildman–Crippen MR) is 61.3 cm³/mol. The number of aliphatic hydroxyl groups is 1. The summed E-state index contributed by atoms with van der Waals surface area (Å²) in [5, 5.41) is 26.4. The van der Waals surface area contributed by atoms with Crippen LogP contribution in [0.4, 0.5) is 5.69 Å². The van der Waals surface area contributed by atoms with Crippen LogP contribution in [-0.4, -0.2) is 42.4 Å². The largest absolute Gasteiger partial charge is 0.493 e. The van der Waals surface area contributed by atoms with E-state index in [2.05, 4.69) is 0 Å². The molecule has 0 atom stereocenters. The minimum absolute atomic E-state index is 0.110. The van der Waals surface area contributed by atoms with Crippen LogP contribution in [-0.2, 0) is 0 Å². The molecule has 1 aromatic rings. The third kappa shape index (κ3) is 3.32. The average molecular weight is 259 g/mol. The summed E-state index contributed by atoms with van der Waals surface area (Å²) in [5.41, 5.74) is -0.979. The van der Waals surface area contributed by atoms with E-state index in [4.69, 9.17) is 19.7 Å². The Morgan fingerprint density at radius 1 is 1.22 bits per heavy atom. The van der Waals surface area contributed by atoms with Crippen molar-refractivity contribution in [1.82, 2.24) is 0 Å². The van der Waals surface area contributed by atoms with Crippen LogP contribution >= 0.6 is 0 Å². The number of hydrogen-bond donors (Lipinski definition) is 2. The zero-order chi connectivity index (χ0) is 14.3. The molecule has 0 bridgehead atoms. The van der Waals surface area contributed by atoms with E-state index in [1.165, 1.54) is 14.2 Å². The van der Waals surface area contributed by atoms with Crippen LogP contribution < -0.4 is 9.47 Å². The lowest BCUT2D eigenvalue weighted by atomic mass is 10.1. The second-order valence-corrected chi connectivity index (χ2v) is 2.79. The molecule has 8 nitrogen and oxygen atoms in total. The van der Waals surface area contributed by atoms with Gasteiger partial charge in [0.1, 0.15) is 5.56 Å². The van der Waals surface area contributed by atoms with Gasteiger partial charge in [-0.25, -0.2) is 4.79 Å². The zero-order valence-corrected chi connectivity index (χ0v) is 10.0. The molecule has 0 radical (unpaired) electrons. The highest BCUT2D eigenvalue weighted by Crippen LogP contribution is 2.34. The van der Waals surface area contributed by atoms with Crippen LogP contribution in [0, 0.1) is 10.1 Å². The van der Waals surface area contributed by atoms with E-state index >= 15 is 0 Å². The highest BCUT2D eigenvalue weighted by atomic mass is 16.6. The molecule has 100 valence electrons. The van der Waals surface area contributed by atoms with Crippen molar-refractivity contribution in [3.05, 3.63) is 27.8 Å². The van der Waals surface area contributed by atoms with E-state index in [1.807, 2.05) is 0 Å². The van der Waals surface area contributed by atoms with Gasteiger partial charge in [-0.2, -0.15) is 0 Å². The minimum Gasteiger partial charge on any atom is -0.493 e. The van der Waals surface area contributed by atoms with E-state index in [0.29, 0.717) is 0 Å². The maximum atomic E-state index is 10.8. The predicted octanol–water partition coefficient (Wildman–Crippen LogP) is 0.919. The molecule has 0 fully saturated rings. The van der Waals surface area contributed by atoms with E-state index in [0.717, 1.165) is 19.2 Å². The zero-order valence-electron chi connectivity index (χ0n) is 10.0. The number of carboxylic acid groups (broad SMARTS) is 1. The molecule has 0 aliphatic rings. The molecular formula is C10H13NO7. The van der Waals surface area contributed by atoms with Gasteiger partial charge in [0.25, 0.3) is 5.69 Å². The van der Waals surface area contributed by atoms with Crippen molar-refractivity contribution in [2.45, 2.75) is 0 Å². The maximum Gasteiger partial charge on any atom is 0.342 e. The molecule has 0 unspecified atom stereocenters. The topological polar surface area (TPSA) is 119 Å². The fourth-order valence-corrected chi connectivity index (χ4v) is 1.19. The van der Waals surface area contributed by atoms with E-state index in [1.54, 1.807) is 0 Å². The smallest absolute Gasteiger partial charge is 0.342 e. The van der Waals surface area contributed by atoms with Crippen molar-refractivity contribution in [2.24, 2.45) is 0 Å². The number of carbonyl (C=O) groups is 1. The first-order valence-electron chi connectivity index (χ1n) is 4.59. The first-order valence-corrected chi connectivity index (χ1v) is 4.59. The van der Waals surface area contributed by atoms with Crippen LogP contribution in [0.5, 0.6) is 11.5 Å². The normalized spacial score (nSPS) is 8.89. The molecule has 0 saturated heterocycles. The van der Waals surface area contributed by atoms with Crippen LogP contribution in [0.2, 0.25) is 0 Å². The van der Waals surface area contributed by atoms with Crippen molar-refractivity contribution in [2.75, 3.05) is 21.3 Å². The fourth-order valence-electron chi connectivity index (χ4n) is 1.19. The van der Waals surface area contributed by atoms with Gasteiger partial charge in [0.05, 0.1) is 25.2 Å². The van der Waals surface area contributed by atoms with Crippen LogP contribution in [0.25, 0.3) is 0 Å². The number of aliphatic hydroxyl groups excluding tert-OH is 1. The number of aromatic carboxylic acids is 1. The summed E-state index contributed by atoms with van der Waals surface area (Å²) < 4.78 is 9.69. The summed E-state index contributed by atoms with van der Waals surface area (Å²) >= 11 is 0. The van der Waals surface area contributed by atoms with Gasteiger partial charge < -0.3 is 19.7 Å². The molecule has 0 aliphatic carbocycles.